The van der Waals surface area contributed by atoms with Crippen molar-refractivity contribution < 1.29 is 19.5 Å². The molecule has 1 aromatic rings. The Hall–Kier alpha value is -2.07. The van der Waals surface area contributed by atoms with Gasteiger partial charge >= 0.3 is 5.97 Å². The number of nitrogens with two attached hydrogens (primary N) is 1. The van der Waals surface area contributed by atoms with E-state index in [-0.39, 0.29) is 18.1 Å². The average Bonchev–Trinajstić information content (AvgIpc) is 3.09. The highest BCUT2D eigenvalue weighted by atomic mass is 32.1. The van der Waals surface area contributed by atoms with Crippen molar-refractivity contribution in [3.63, 3.8) is 0 Å². The monoisotopic (exact) mass is 371 g/mol. The molecule has 6 N–H and O–H groups in total. The maximum absolute atomic E-state index is 12.6. The lowest BCUT2D eigenvalue weighted by atomic mass is 9.98. The van der Waals surface area contributed by atoms with Crippen LogP contribution in [-0.4, -0.2) is 56.7 Å². The van der Waals surface area contributed by atoms with Gasteiger partial charge in [0.25, 0.3) is 0 Å². The minimum Gasteiger partial charge on any atom is -0.480 e. The molecule has 9 nitrogen and oxygen atoms in total. The molecule has 0 spiro atoms. The van der Waals surface area contributed by atoms with Crippen molar-refractivity contribution in [2.45, 2.75) is 44.8 Å². The number of carboxylic acid groups (broad SMARTS) is 1. The number of nitrogens with one attached hydrogen (secondary N) is 3. The Morgan fingerprint density at radius 2 is 2.04 bits per heavy atom. The summed E-state index contributed by atoms with van der Waals surface area (Å²) < 4.78 is 0. The summed E-state index contributed by atoms with van der Waals surface area (Å²) in [6, 6.07) is -2.90. The number of hydrogen-bond acceptors (Lipinski definition) is 6. The Bertz CT molecular complexity index is 580. The predicted octanol–water partition coefficient (Wildman–Crippen LogP) is -0.690. The lowest BCUT2D eigenvalue weighted by molar-refractivity contribution is -0.143. The number of hydrogen-bond donors (Lipinski definition) is 6. The van der Waals surface area contributed by atoms with Crippen LogP contribution >= 0.6 is 12.6 Å². The van der Waals surface area contributed by atoms with E-state index in [0.29, 0.717) is 12.1 Å². The molecular weight excluding hydrogens is 346 g/mol. The van der Waals surface area contributed by atoms with Crippen LogP contribution in [0.2, 0.25) is 0 Å². The molecule has 0 aliphatic rings. The molecule has 1 rings (SSSR count). The predicted molar refractivity (Wildman–Crippen MR) is 95.1 cm³/mol. The number of aliphatic carboxylic acids is 1. The Morgan fingerprint density at radius 3 is 2.52 bits per heavy atom. The molecule has 140 valence electrons. The minimum absolute atomic E-state index is 0.120. The fourth-order valence-electron chi connectivity index (χ4n) is 2.12. The van der Waals surface area contributed by atoms with Gasteiger partial charge in [0.2, 0.25) is 11.8 Å². The molecule has 0 aliphatic carbocycles. The number of thiol groups is 1. The summed E-state index contributed by atoms with van der Waals surface area (Å²) in [6.45, 7) is 3.57. The van der Waals surface area contributed by atoms with Crippen LogP contribution in [0.1, 0.15) is 26.0 Å². The number of aromatic nitrogens is 2. The number of imidazole rings is 1. The van der Waals surface area contributed by atoms with Gasteiger partial charge in [0.1, 0.15) is 12.1 Å². The molecule has 0 aliphatic heterocycles. The fraction of sp³-hybridized carbons (Fsp3) is 0.600. The molecule has 25 heavy (non-hydrogen) atoms. The highest BCUT2D eigenvalue weighted by molar-refractivity contribution is 7.80. The van der Waals surface area contributed by atoms with E-state index in [1.165, 1.54) is 12.5 Å². The zero-order chi connectivity index (χ0) is 19.0. The summed E-state index contributed by atoms with van der Waals surface area (Å²) in [6.07, 6.45) is 3.68. The zero-order valence-corrected chi connectivity index (χ0v) is 15.1. The van der Waals surface area contributed by atoms with Crippen LogP contribution in [-0.2, 0) is 20.8 Å². The normalized spacial score (nSPS) is 15.7. The van der Waals surface area contributed by atoms with E-state index in [4.69, 9.17) is 5.73 Å². The second-order valence-corrected chi connectivity index (χ2v) is 6.21. The third kappa shape index (κ3) is 6.39. The number of carbonyl (C=O) groups is 3. The molecule has 0 bridgehead atoms. The first-order valence-electron chi connectivity index (χ1n) is 7.97. The topological polar surface area (TPSA) is 150 Å². The van der Waals surface area contributed by atoms with E-state index in [1.807, 2.05) is 6.92 Å². The molecule has 4 atom stereocenters. The number of carboxylic acids is 1. The second-order valence-electron chi connectivity index (χ2n) is 5.84. The van der Waals surface area contributed by atoms with Crippen molar-refractivity contribution in [1.82, 2.24) is 20.6 Å². The van der Waals surface area contributed by atoms with Crippen molar-refractivity contribution >= 4 is 30.4 Å². The summed E-state index contributed by atoms with van der Waals surface area (Å²) in [5.41, 5.74) is 6.24. The van der Waals surface area contributed by atoms with Gasteiger partial charge in [-0.15, -0.1) is 0 Å². The SMILES string of the molecule is CCC(C)C(NC(=O)C(Cc1cnc[nH]1)NC(=O)C(N)CS)C(=O)O. The Labute approximate surface area is 151 Å². The molecule has 1 heterocycles. The molecule has 1 aromatic heterocycles. The van der Waals surface area contributed by atoms with E-state index in [2.05, 4.69) is 33.2 Å². The van der Waals surface area contributed by atoms with Gasteiger partial charge in [-0.1, -0.05) is 20.3 Å². The first-order valence-corrected chi connectivity index (χ1v) is 8.60. The van der Waals surface area contributed by atoms with Crippen LogP contribution in [0.4, 0.5) is 0 Å². The molecule has 0 radical (unpaired) electrons. The summed E-state index contributed by atoms with van der Waals surface area (Å²) >= 11 is 3.96. The Morgan fingerprint density at radius 1 is 1.36 bits per heavy atom. The van der Waals surface area contributed by atoms with E-state index < -0.39 is 35.9 Å². The third-order valence-corrected chi connectivity index (χ3v) is 4.32. The van der Waals surface area contributed by atoms with Crippen LogP contribution < -0.4 is 16.4 Å². The van der Waals surface area contributed by atoms with Gasteiger partial charge in [0.05, 0.1) is 12.4 Å². The number of rotatable bonds is 10. The van der Waals surface area contributed by atoms with Crippen molar-refractivity contribution in [2.24, 2.45) is 11.7 Å². The van der Waals surface area contributed by atoms with Gasteiger partial charge in [0.15, 0.2) is 0 Å². The third-order valence-electron chi connectivity index (χ3n) is 3.92. The molecule has 0 saturated carbocycles. The smallest absolute Gasteiger partial charge is 0.326 e. The fourth-order valence-corrected chi connectivity index (χ4v) is 2.29. The summed E-state index contributed by atoms with van der Waals surface area (Å²) in [5, 5.41) is 14.4. The van der Waals surface area contributed by atoms with E-state index >= 15 is 0 Å². The first-order chi connectivity index (χ1) is 11.8. The van der Waals surface area contributed by atoms with Gasteiger partial charge < -0.3 is 26.5 Å². The maximum Gasteiger partial charge on any atom is 0.326 e. The Balaban J connectivity index is 2.90. The number of amides is 2. The lowest BCUT2D eigenvalue weighted by Gasteiger charge is -2.24. The van der Waals surface area contributed by atoms with Crippen molar-refractivity contribution in [2.75, 3.05) is 5.75 Å². The van der Waals surface area contributed by atoms with Gasteiger partial charge in [-0.3, -0.25) is 9.59 Å². The molecule has 0 fully saturated rings. The molecule has 0 aromatic carbocycles. The van der Waals surface area contributed by atoms with Crippen LogP contribution in [0.3, 0.4) is 0 Å². The van der Waals surface area contributed by atoms with Gasteiger partial charge in [0, 0.05) is 24.1 Å². The zero-order valence-electron chi connectivity index (χ0n) is 14.2. The van der Waals surface area contributed by atoms with E-state index in [1.54, 1.807) is 6.92 Å². The van der Waals surface area contributed by atoms with Crippen LogP contribution in [0, 0.1) is 5.92 Å². The van der Waals surface area contributed by atoms with Crippen molar-refractivity contribution in [1.29, 1.82) is 0 Å². The number of H-pyrrole nitrogens is 1. The molecule has 4 unspecified atom stereocenters. The number of nitrogens with zero attached hydrogens (tertiary/aromatic N) is 1. The van der Waals surface area contributed by atoms with Gasteiger partial charge in [-0.25, -0.2) is 9.78 Å². The quantitative estimate of drug-likeness (QED) is 0.300. The second kappa shape index (κ2) is 10.0. The minimum atomic E-state index is -1.12. The van der Waals surface area contributed by atoms with Gasteiger partial charge in [-0.2, -0.15) is 12.6 Å². The number of carbonyl (C=O) groups excluding carboxylic acids is 2. The van der Waals surface area contributed by atoms with Crippen molar-refractivity contribution in [3.8, 4) is 0 Å². The molecule has 0 saturated heterocycles. The van der Waals surface area contributed by atoms with Crippen LogP contribution in [0.5, 0.6) is 0 Å². The summed E-state index contributed by atoms with van der Waals surface area (Å²) in [7, 11) is 0. The van der Waals surface area contributed by atoms with E-state index in [0.717, 1.165) is 0 Å². The number of aromatic amines is 1. The maximum atomic E-state index is 12.6. The lowest BCUT2D eigenvalue weighted by Crippen LogP contribution is -2.56. The highest BCUT2D eigenvalue weighted by Gasteiger charge is 2.30. The molecular formula is C15H25N5O4S. The first kappa shape index (κ1) is 21.0. The largest absolute Gasteiger partial charge is 0.480 e. The molecule has 2 amide bonds. The summed E-state index contributed by atoms with van der Waals surface area (Å²) in [5.74, 6) is -2.40. The van der Waals surface area contributed by atoms with Gasteiger partial charge in [-0.05, 0) is 5.92 Å². The standard InChI is InChI=1S/C15H25N5O4S/c1-3-8(2)12(15(23)24)20-14(22)11(4-9-5-17-7-18-9)19-13(21)10(16)6-25/h5,7-8,10-12,25H,3-4,6,16H2,1-2H3,(H,17,18)(H,19,21)(H,20,22)(H,23,24). The van der Waals surface area contributed by atoms with E-state index in [9.17, 15) is 19.5 Å². The van der Waals surface area contributed by atoms with Crippen LogP contribution in [0.25, 0.3) is 0 Å². The summed E-state index contributed by atoms with van der Waals surface area (Å²) in [4.78, 5) is 42.7. The Kier molecular flexibility index (Phi) is 8.42. The molecule has 10 heteroatoms. The average molecular weight is 371 g/mol. The van der Waals surface area contributed by atoms with Crippen molar-refractivity contribution in [3.05, 3.63) is 18.2 Å². The highest BCUT2D eigenvalue weighted by Crippen LogP contribution is 2.09. The van der Waals surface area contributed by atoms with Crippen LogP contribution in [0.15, 0.2) is 12.5 Å².